The quantitative estimate of drug-likeness (QED) is 0.231. The van der Waals surface area contributed by atoms with E-state index in [4.69, 9.17) is 11.1 Å². The molecule has 0 amide bonds. The molecule has 0 aromatic carbocycles. The zero-order chi connectivity index (χ0) is 10.5. The molecule has 0 spiro atoms. The maximum absolute atomic E-state index is 8.01. The van der Waals surface area contributed by atoms with Crippen molar-refractivity contribution in [3.8, 4) is 0 Å². The molecule has 0 fully saturated rings. The molecule has 0 aliphatic rings. The Balaban J connectivity index is 2.98. The fourth-order valence-electron chi connectivity index (χ4n) is 1.16. The van der Waals surface area contributed by atoms with E-state index in [1.54, 1.807) is 0 Å². The number of azide groups is 2. The van der Waals surface area contributed by atoms with Crippen LogP contribution in [-0.4, -0.2) is 13.1 Å². The molecule has 0 N–H and O–H groups in total. The van der Waals surface area contributed by atoms with Crippen LogP contribution < -0.4 is 0 Å². The van der Waals surface area contributed by atoms with Gasteiger partial charge in [-0.05, 0) is 23.9 Å². The molecule has 0 radical (unpaired) electrons. The van der Waals surface area contributed by atoms with Crippen LogP contribution in [0.15, 0.2) is 10.2 Å². The lowest BCUT2D eigenvalue weighted by Gasteiger charge is -1.97. The summed E-state index contributed by atoms with van der Waals surface area (Å²) < 4.78 is 0. The first-order valence-corrected chi connectivity index (χ1v) is 4.93. The molecule has 0 saturated heterocycles. The minimum Gasteiger partial charge on any atom is -0.0940 e. The molecule has 78 valence electrons. The third kappa shape index (κ3) is 10.6. The van der Waals surface area contributed by atoms with E-state index in [0.29, 0.717) is 13.1 Å². The van der Waals surface area contributed by atoms with Crippen molar-refractivity contribution in [3.05, 3.63) is 20.9 Å². The first-order chi connectivity index (χ1) is 6.91. The van der Waals surface area contributed by atoms with Crippen molar-refractivity contribution < 1.29 is 0 Å². The van der Waals surface area contributed by atoms with E-state index in [1.807, 2.05) is 0 Å². The fourth-order valence-corrected chi connectivity index (χ4v) is 1.16. The largest absolute Gasteiger partial charge is 0.0940 e. The Labute approximate surface area is 83.6 Å². The summed E-state index contributed by atoms with van der Waals surface area (Å²) in [7, 11) is 0. The van der Waals surface area contributed by atoms with Crippen molar-refractivity contribution in [1.29, 1.82) is 0 Å². The third-order valence-electron chi connectivity index (χ3n) is 1.89. The zero-order valence-corrected chi connectivity index (χ0v) is 8.34. The predicted octanol–water partition coefficient (Wildman–Crippen LogP) is 3.95. The van der Waals surface area contributed by atoms with Gasteiger partial charge in [0.1, 0.15) is 0 Å². The maximum atomic E-state index is 8.01. The highest BCUT2D eigenvalue weighted by atomic mass is 15.1. The van der Waals surface area contributed by atoms with Gasteiger partial charge in [-0.3, -0.25) is 0 Å². The molecule has 0 saturated carbocycles. The van der Waals surface area contributed by atoms with Crippen LogP contribution in [-0.2, 0) is 0 Å². The van der Waals surface area contributed by atoms with Crippen LogP contribution in [0.3, 0.4) is 0 Å². The molecule has 14 heavy (non-hydrogen) atoms. The van der Waals surface area contributed by atoms with Gasteiger partial charge in [-0.1, -0.05) is 35.9 Å². The molecule has 6 nitrogen and oxygen atoms in total. The molecule has 0 atom stereocenters. The van der Waals surface area contributed by atoms with E-state index >= 15 is 0 Å². The van der Waals surface area contributed by atoms with Gasteiger partial charge in [0.25, 0.3) is 0 Å². The molecule has 6 heteroatoms. The number of unbranched alkanes of at least 4 members (excludes halogenated alkanes) is 5. The molecule has 0 aromatic heterocycles. The standard InChI is InChI=1S/C8H16N6/c9-13-11-7-5-3-1-2-4-6-8-12-14-10/h1-8H2. The van der Waals surface area contributed by atoms with Gasteiger partial charge in [-0.15, -0.1) is 0 Å². The maximum Gasteiger partial charge on any atom is 0.0257 e. The highest BCUT2D eigenvalue weighted by Crippen LogP contribution is 2.05. The molecule has 0 aromatic rings. The molecule has 0 unspecified atom stereocenters. The number of nitrogens with zero attached hydrogens (tertiary/aromatic N) is 6. The summed E-state index contributed by atoms with van der Waals surface area (Å²) in [5.74, 6) is 0. The van der Waals surface area contributed by atoms with Crippen LogP contribution in [0, 0.1) is 0 Å². The Morgan fingerprint density at radius 1 is 0.643 bits per heavy atom. The number of rotatable bonds is 9. The summed E-state index contributed by atoms with van der Waals surface area (Å²) in [6, 6.07) is 0. The Morgan fingerprint density at radius 3 is 1.36 bits per heavy atom. The molecular formula is C8H16N6. The number of hydrogen-bond acceptors (Lipinski definition) is 2. The molecule has 0 bridgehead atoms. The highest BCUT2D eigenvalue weighted by molar-refractivity contribution is 4.51. The summed E-state index contributed by atoms with van der Waals surface area (Å²) in [5, 5.41) is 6.91. The monoisotopic (exact) mass is 196 g/mol. The molecular weight excluding hydrogens is 180 g/mol. The van der Waals surface area contributed by atoms with Gasteiger partial charge < -0.3 is 0 Å². The summed E-state index contributed by atoms with van der Waals surface area (Å²) in [6.07, 6.45) is 6.50. The van der Waals surface area contributed by atoms with Gasteiger partial charge in [0, 0.05) is 22.9 Å². The second-order valence-corrected chi connectivity index (χ2v) is 3.03. The lowest BCUT2D eigenvalue weighted by molar-refractivity contribution is 0.600. The zero-order valence-electron chi connectivity index (χ0n) is 8.34. The topological polar surface area (TPSA) is 97.5 Å². The average Bonchev–Trinajstić information content (AvgIpc) is 2.21. The first kappa shape index (κ1) is 12.6. The minimum atomic E-state index is 0.606. The molecule has 0 aliphatic heterocycles. The van der Waals surface area contributed by atoms with Gasteiger partial charge >= 0.3 is 0 Å². The van der Waals surface area contributed by atoms with Gasteiger partial charge in [-0.25, -0.2) is 0 Å². The molecule has 0 aliphatic carbocycles. The van der Waals surface area contributed by atoms with Crippen molar-refractivity contribution in [2.75, 3.05) is 13.1 Å². The Bertz CT molecular complexity index is 190. The van der Waals surface area contributed by atoms with Gasteiger partial charge in [0.2, 0.25) is 0 Å². The lowest BCUT2D eigenvalue weighted by Crippen LogP contribution is -1.84. The van der Waals surface area contributed by atoms with Gasteiger partial charge in [0.05, 0.1) is 0 Å². The van der Waals surface area contributed by atoms with Crippen molar-refractivity contribution in [3.63, 3.8) is 0 Å². The Morgan fingerprint density at radius 2 is 1.00 bits per heavy atom. The lowest BCUT2D eigenvalue weighted by atomic mass is 10.1. The van der Waals surface area contributed by atoms with Crippen LogP contribution in [0.2, 0.25) is 0 Å². The third-order valence-corrected chi connectivity index (χ3v) is 1.89. The minimum absolute atomic E-state index is 0.606. The van der Waals surface area contributed by atoms with Crippen LogP contribution in [0.25, 0.3) is 20.9 Å². The summed E-state index contributed by atoms with van der Waals surface area (Å²) in [5.41, 5.74) is 16.0. The number of hydrogen-bond donors (Lipinski definition) is 0. The predicted molar refractivity (Wildman–Crippen MR) is 55.7 cm³/mol. The summed E-state index contributed by atoms with van der Waals surface area (Å²) in [4.78, 5) is 5.36. The van der Waals surface area contributed by atoms with Crippen molar-refractivity contribution in [1.82, 2.24) is 0 Å². The summed E-state index contributed by atoms with van der Waals surface area (Å²) in [6.45, 7) is 1.21. The van der Waals surface area contributed by atoms with Crippen molar-refractivity contribution in [2.24, 2.45) is 10.2 Å². The van der Waals surface area contributed by atoms with Crippen molar-refractivity contribution in [2.45, 2.75) is 38.5 Å². The second kappa shape index (κ2) is 11.6. The van der Waals surface area contributed by atoms with E-state index in [0.717, 1.165) is 38.5 Å². The second-order valence-electron chi connectivity index (χ2n) is 3.03. The highest BCUT2D eigenvalue weighted by Gasteiger charge is 1.89. The van der Waals surface area contributed by atoms with Gasteiger partial charge in [-0.2, -0.15) is 0 Å². The Kier molecular flexibility index (Phi) is 10.5. The Hall–Kier alpha value is -1.38. The SMILES string of the molecule is [N-]=[N+]=NCCCCCCCCN=[N+]=[N-]. The van der Waals surface area contributed by atoms with Crippen molar-refractivity contribution >= 4 is 0 Å². The first-order valence-electron chi connectivity index (χ1n) is 4.93. The van der Waals surface area contributed by atoms with E-state index < -0.39 is 0 Å². The van der Waals surface area contributed by atoms with E-state index in [9.17, 15) is 0 Å². The molecule has 0 rings (SSSR count). The van der Waals surface area contributed by atoms with E-state index in [-0.39, 0.29) is 0 Å². The molecule has 0 heterocycles. The summed E-state index contributed by atoms with van der Waals surface area (Å²) >= 11 is 0. The van der Waals surface area contributed by atoms with Crippen LogP contribution in [0.1, 0.15) is 38.5 Å². The average molecular weight is 196 g/mol. The fraction of sp³-hybridized carbons (Fsp3) is 1.00. The van der Waals surface area contributed by atoms with Gasteiger partial charge in [0.15, 0.2) is 0 Å². The van der Waals surface area contributed by atoms with Crippen LogP contribution in [0.4, 0.5) is 0 Å². The van der Waals surface area contributed by atoms with Crippen LogP contribution >= 0.6 is 0 Å². The smallest absolute Gasteiger partial charge is 0.0257 e. The van der Waals surface area contributed by atoms with Crippen LogP contribution in [0.5, 0.6) is 0 Å². The normalized spacial score (nSPS) is 8.86. The van der Waals surface area contributed by atoms with E-state index in [1.165, 1.54) is 0 Å². The van der Waals surface area contributed by atoms with E-state index in [2.05, 4.69) is 20.1 Å².